The van der Waals surface area contributed by atoms with Crippen LogP contribution in [0, 0.1) is 0 Å². The molecule has 0 radical (unpaired) electrons. The van der Waals surface area contributed by atoms with Crippen LogP contribution in [0.2, 0.25) is 0 Å². The Balaban J connectivity index is 1.60. The van der Waals surface area contributed by atoms with E-state index in [-0.39, 0.29) is 24.4 Å². The summed E-state index contributed by atoms with van der Waals surface area (Å²) < 4.78 is 11.2. The number of benzene rings is 2. The highest BCUT2D eigenvalue weighted by molar-refractivity contribution is 5.88. The SMILES string of the molecule is O=c1cc(CO)[nH]cc1OCCOc1cccc2ccccc12. The Hall–Kier alpha value is -2.79. The van der Waals surface area contributed by atoms with Crippen LogP contribution in [0.3, 0.4) is 0 Å². The van der Waals surface area contributed by atoms with Crippen molar-refractivity contribution in [2.45, 2.75) is 6.61 Å². The number of fused-ring (bicyclic) bond motifs is 1. The first-order valence-corrected chi connectivity index (χ1v) is 7.34. The fourth-order valence-corrected chi connectivity index (χ4v) is 2.33. The highest BCUT2D eigenvalue weighted by Crippen LogP contribution is 2.24. The van der Waals surface area contributed by atoms with Gasteiger partial charge < -0.3 is 19.6 Å². The van der Waals surface area contributed by atoms with Gasteiger partial charge in [-0.1, -0.05) is 36.4 Å². The summed E-state index contributed by atoms with van der Waals surface area (Å²) in [5, 5.41) is 11.1. The van der Waals surface area contributed by atoms with Gasteiger partial charge >= 0.3 is 0 Å². The second-order valence-corrected chi connectivity index (χ2v) is 5.02. The minimum atomic E-state index is -0.266. The van der Waals surface area contributed by atoms with Crippen molar-refractivity contribution in [2.24, 2.45) is 0 Å². The number of aliphatic hydroxyl groups is 1. The number of aromatic amines is 1. The van der Waals surface area contributed by atoms with Gasteiger partial charge in [-0.05, 0) is 11.5 Å². The number of rotatable bonds is 6. The minimum Gasteiger partial charge on any atom is -0.489 e. The van der Waals surface area contributed by atoms with E-state index < -0.39 is 0 Å². The van der Waals surface area contributed by atoms with Crippen molar-refractivity contribution >= 4 is 10.8 Å². The quantitative estimate of drug-likeness (QED) is 0.686. The number of ether oxygens (including phenoxy) is 2. The number of hydrogen-bond donors (Lipinski definition) is 2. The first kappa shape index (κ1) is 15.1. The monoisotopic (exact) mass is 311 g/mol. The van der Waals surface area contributed by atoms with Crippen LogP contribution in [0.1, 0.15) is 5.69 Å². The zero-order valence-electron chi connectivity index (χ0n) is 12.5. The van der Waals surface area contributed by atoms with Crippen molar-refractivity contribution in [3.8, 4) is 11.5 Å². The highest BCUT2D eigenvalue weighted by Gasteiger charge is 2.04. The smallest absolute Gasteiger partial charge is 0.223 e. The molecule has 23 heavy (non-hydrogen) atoms. The van der Waals surface area contributed by atoms with Gasteiger partial charge in [0.05, 0.1) is 6.61 Å². The maximum atomic E-state index is 11.7. The average molecular weight is 311 g/mol. The Morgan fingerprint density at radius 3 is 2.48 bits per heavy atom. The van der Waals surface area contributed by atoms with Gasteiger partial charge in [0.2, 0.25) is 5.43 Å². The number of H-pyrrole nitrogens is 1. The summed E-state index contributed by atoms with van der Waals surface area (Å²) in [4.78, 5) is 14.5. The van der Waals surface area contributed by atoms with Gasteiger partial charge in [-0.2, -0.15) is 0 Å². The Bertz CT molecular complexity index is 852. The zero-order valence-corrected chi connectivity index (χ0v) is 12.5. The second kappa shape index (κ2) is 6.98. The maximum absolute atomic E-state index is 11.7. The molecule has 3 rings (SSSR count). The van der Waals surface area contributed by atoms with Crippen LogP contribution in [-0.4, -0.2) is 23.3 Å². The van der Waals surface area contributed by atoms with Gasteiger partial charge in [0.15, 0.2) is 5.75 Å². The molecule has 0 atom stereocenters. The summed E-state index contributed by atoms with van der Waals surface area (Å²) in [6.45, 7) is 0.375. The normalized spacial score (nSPS) is 10.7. The van der Waals surface area contributed by atoms with E-state index in [0.717, 1.165) is 16.5 Å². The van der Waals surface area contributed by atoms with Gasteiger partial charge in [-0.3, -0.25) is 4.79 Å². The van der Waals surface area contributed by atoms with Crippen molar-refractivity contribution < 1.29 is 14.6 Å². The molecule has 118 valence electrons. The van der Waals surface area contributed by atoms with E-state index in [9.17, 15) is 4.79 Å². The van der Waals surface area contributed by atoms with Crippen LogP contribution in [0.5, 0.6) is 11.5 Å². The number of hydrogen-bond acceptors (Lipinski definition) is 4. The Morgan fingerprint density at radius 2 is 1.70 bits per heavy atom. The van der Waals surface area contributed by atoms with Crippen molar-refractivity contribution in [2.75, 3.05) is 13.2 Å². The van der Waals surface area contributed by atoms with Crippen LogP contribution < -0.4 is 14.9 Å². The van der Waals surface area contributed by atoms with E-state index in [1.807, 2.05) is 42.5 Å². The van der Waals surface area contributed by atoms with Crippen LogP contribution in [-0.2, 0) is 6.61 Å². The van der Waals surface area contributed by atoms with Gasteiger partial charge in [-0.25, -0.2) is 0 Å². The standard InChI is InChI=1S/C18H17NO4/c20-12-14-10-16(21)18(11-19-14)23-9-8-22-17-7-3-5-13-4-1-2-6-15(13)17/h1-7,10-11,20H,8-9,12H2,(H,19,21). The molecule has 0 saturated heterocycles. The summed E-state index contributed by atoms with van der Waals surface area (Å²) in [6.07, 6.45) is 1.45. The zero-order chi connectivity index (χ0) is 16.1. The van der Waals surface area contributed by atoms with Crippen LogP contribution in [0.25, 0.3) is 10.8 Å². The van der Waals surface area contributed by atoms with Crippen molar-refractivity contribution in [3.05, 3.63) is 70.6 Å². The molecule has 5 heteroatoms. The number of nitrogens with one attached hydrogen (secondary N) is 1. The summed E-state index contributed by atoms with van der Waals surface area (Å²) in [7, 11) is 0. The molecule has 0 saturated carbocycles. The van der Waals surface area contributed by atoms with Gasteiger partial charge in [0.25, 0.3) is 0 Å². The van der Waals surface area contributed by atoms with Crippen LogP contribution in [0.4, 0.5) is 0 Å². The lowest BCUT2D eigenvalue weighted by Gasteiger charge is -2.10. The molecule has 0 aliphatic carbocycles. The molecule has 0 bridgehead atoms. The highest BCUT2D eigenvalue weighted by atomic mass is 16.5. The Kier molecular flexibility index (Phi) is 4.59. The summed E-state index contributed by atoms with van der Waals surface area (Å²) >= 11 is 0. The second-order valence-electron chi connectivity index (χ2n) is 5.02. The summed E-state index contributed by atoms with van der Waals surface area (Å²) in [6, 6.07) is 15.2. The van der Waals surface area contributed by atoms with Crippen molar-refractivity contribution in [1.29, 1.82) is 0 Å². The third kappa shape index (κ3) is 3.52. The summed E-state index contributed by atoms with van der Waals surface area (Å²) in [5.74, 6) is 1.000. The maximum Gasteiger partial charge on any atom is 0.223 e. The number of pyridine rings is 1. The van der Waals surface area contributed by atoms with Crippen LogP contribution in [0.15, 0.2) is 59.5 Å². The number of aliphatic hydroxyl groups excluding tert-OH is 1. The van der Waals surface area contributed by atoms with E-state index in [0.29, 0.717) is 12.3 Å². The average Bonchev–Trinajstić information content (AvgIpc) is 2.59. The topological polar surface area (TPSA) is 71.5 Å². The molecule has 1 heterocycles. The van der Waals surface area contributed by atoms with Crippen molar-refractivity contribution in [1.82, 2.24) is 4.98 Å². The summed E-state index contributed by atoms with van der Waals surface area (Å²) in [5.41, 5.74) is 0.187. The molecule has 0 spiro atoms. The lowest BCUT2D eigenvalue weighted by atomic mass is 10.1. The molecule has 2 N–H and O–H groups in total. The van der Waals surface area contributed by atoms with Crippen molar-refractivity contribution in [3.63, 3.8) is 0 Å². The first-order valence-electron chi connectivity index (χ1n) is 7.34. The lowest BCUT2D eigenvalue weighted by Crippen LogP contribution is -2.14. The molecule has 3 aromatic rings. The van der Waals surface area contributed by atoms with E-state index in [2.05, 4.69) is 4.98 Å². The Morgan fingerprint density at radius 1 is 0.957 bits per heavy atom. The lowest BCUT2D eigenvalue weighted by molar-refractivity contribution is 0.216. The van der Waals surface area contributed by atoms with E-state index in [1.54, 1.807) is 0 Å². The third-order valence-electron chi connectivity index (χ3n) is 3.46. The third-order valence-corrected chi connectivity index (χ3v) is 3.46. The molecule has 0 aliphatic rings. The molecule has 0 unspecified atom stereocenters. The van der Waals surface area contributed by atoms with E-state index in [4.69, 9.17) is 14.6 Å². The molecule has 0 amide bonds. The van der Waals surface area contributed by atoms with Gasteiger partial charge in [0, 0.05) is 23.3 Å². The van der Waals surface area contributed by atoms with Gasteiger partial charge in [0.1, 0.15) is 19.0 Å². The fraction of sp³-hybridized carbons (Fsp3) is 0.167. The molecular weight excluding hydrogens is 294 g/mol. The predicted octanol–water partition coefficient (Wildman–Crippen LogP) is 2.48. The first-order chi connectivity index (χ1) is 11.3. The largest absolute Gasteiger partial charge is 0.489 e. The minimum absolute atomic E-state index is 0.209. The molecule has 5 nitrogen and oxygen atoms in total. The van der Waals surface area contributed by atoms with E-state index >= 15 is 0 Å². The van der Waals surface area contributed by atoms with E-state index in [1.165, 1.54) is 12.3 Å². The fourth-order valence-electron chi connectivity index (χ4n) is 2.33. The predicted molar refractivity (Wildman–Crippen MR) is 87.9 cm³/mol. The molecule has 2 aromatic carbocycles. The molecule has 0 aliphatic heterocycles. The van der Waals surface area contributed by atoms with Crippen LogP contribution >= 0.6 is 0 Å². The molecular formula is C18H17NO4. The molecule has 0 fully saturated rings. The van der Waals surface area contributed by atoms with Gasteiger partial charge in [-0.15, -0.1) is 0 Å². The Labute approximate surface area is 133 Å². The molecule has 1 aromatic heterocycles. The number of aromatic nitrogens is 1.